The van der Waals surface area contributed by atoms with Gasteiger partial charge < -0.3 is 15.9 Å². The first-order valence-corrected chi connectivity index (χ1v) is 3.36. The van der Waals surface area contributed by atoms with Gasteiger partial charge in [-0.25, -0.2) is 8.78 Å². The van der Waals surface area contributed by atoms with Crippen LogP contribution in [0.4, 0.5) is 8.78 Å². The number of nitrogens with one attached hydrogen (secondary N) is 2. The van der Waals surface area contributed by atoms with E-state index in [0.717, 1.165) is 12.4 Å². The molecule has 0 fully saturated rings. The van der Waals surface area contributed by atoms with E-state index >= 15 is 0 Å². The Hall–Kier alpha value is -1.04. The molecule has 12 heavy (non-hydrogen) atoms. The SMILES string of the molecule is N=C/C=N\NCCC(F)(F)CO. The summed E-state index contributed by atoms with van der Waals surface area (Å²) in [5.74, 6) is -3.05. The van der Waals surface area contributed by atoms with Crippen LogP contribution in [0.1, 0.15) is 6.42 Å². The largest absolute Gasteiger partial charge is 0.390 e. The zero-order valence-corrected chi connectivity index (χ0v) is 6.43. The minimum atomic E-state index is -3.05. The van der Waals surface area contributed by atoms with Crippen molar-refractivity contribution in [2.75, 3.05) is 13.2 Å². The summed E-state index contributed by atoms with van der Waals surface area (Å²) in [6.45, 7) is -1.18. The number of halogens is 2. The second kappa shape index (κ2) is 5.59. The van der Waals surface area contributed by atoms with Gasteiger partial charge in [0.1, 0.15) is 6.61 Å². The summed E-state index contributed by atoms with van der Waals surface area (Å²) < 4.78 is 24.6. The number of aliphatic hydroxyl groups is 1. The average molecular weight is 179 g/mol. The zero-order valence-electron chi connectivity index (χ0n) is 6.43. The van der Waals surface area contributed by atoms with E-state index in [9.17, 15) is 8.78 Å². The lowest BCUT2D eigenvalue weighted by Gasteiger charge is -2.11. The van der Waals surface area contributed by atoms with Crippen LogP contribution < -0.4 is 5.43 Å². The van der Waals surface area contributed by atoms with Gasteiger partial charge in [-0.3, -0.25) is 0 Å². The zero-order chi connectivity index (χ0) is 9.45. The number of alkyl halides is 2. The molecule has 0 rings (SSSR count). The highest BCUT2D eigenvalue weighted by Gasteiger charge is 2.26. The van der Waals surface area contributed by atoms with Crippen LogP contribution in [0.15, 0.2) is 5.10 Å². The summed E-state index contributed by atoms with van der Waals surface area (Å²) in [4.78, 5) is 0. The third-order valence-corrected chi connectivity index (χ3v) is 1.07. The Morgan fingerprint density at radius 3 is 2.75 bits per heavy atom. The topological polar surface area (TPSA) is 68.5 Å². The number of hydrogen-bond acceptors (Lipinski definition) is 4. The minimum absolute atomic E-state index is 0.0299. The molecule has 0 aromatic heterocycles. The van der Waals surface area contributed by atoms with Crippen LogP contribution in [0.5, 0.6) is 0 Å². The van der Waals surface area contributed by atoms with E-state index in [1.165, 1.54) is 0 Å². The van der Waals surface area contributed by atoms with E-state index in [4.69, 9.17) is 10.5 Å². The second-order valence-corrected chi connectivity index (χ2v) is 2.12. The predicted octanol–water partition coefficient (Wildman–Crippen LogP) is 0.229. The number of aliphatic hydroxyl groups excluding tert-OH is 1. The molecule has 70 valence electrons. The molecule has 0 saturated heterocycles. The third-order valence-electron chi connectivity index (χ3n) is 1.07. The third kappa shape index (κ3) is 5.72. The van der Waals surface area contributed by atoms with Crippen molar-refractivity contribution in [3.8, 4) is 0 Å². The van der Waals surface area contributed by atoms with Crippen LogP contribution in [-0.4, -0.2) is 36.6 Å². The highest BCUT2D eigenvalue weighted by atomic mass is 19.3. The smallest absolute Gasteiger partial charge is 0.272 e. The lowest BCUT2D eigenvalue weighted by Crippen LogP contribution is -2.26. The van der Waals surface area contributed by atoms with Gasteiger partial charge in [-0.2, -0.15) is 5.10 Å². The summed E-state index contributed by atoms with van der Waals surface area (Å²) in [5.41, 5.74) is 2.30. The molecule has 6 heteroatoms. The van der Waals surface area contributed by atoms with Gasteiger partial charge in [-0.05, 0) is 0 Å². The lowest BCUT2D eigenvalue weighted by molar-refractivity contribution is -0.0554. The lowest BCUT2D eigenvalue weighted by atomic mass is 10.2. The van der Waals surface area contributed by atoms with Crippen molar-refractivity contribution in [1.29, 1.82) is 5.41 Å². The van der Waals surface area contributed by atoms with Crippen molar-refractivity contribution >= 4 is 12.4 Å². The molecular weight excluding hydrogens is 168 g/mol. The predicted molar refractivity (Wildman–Crippen MR) is 41.9 cm³/mol. The molecule has 0 aliphatic rings. The number of hydrogen-bond donors (Lipinski definition) is 3. The molecular formula is C6H11F2N3O. The maximum atomic E-state index is 12.3. The van der Waals surface area contributed by atoms with Crippen molar-refractivity contribution in [3.63, 3.8) is 0 Å². The molecule has 0 atom stereocenters. The van der Waals surface area contributed by atoms with E-state index in [1.807, 2.05) is 0 Å². The van der Waals surface area contributed by atoms with Crippen LogP contribution in [0.2, 0.25) is 0 Å². The van der Waals surface area contributed by atoms with Gasteiger partial charge >= 0.3 is 0 Å². The van der Waals surface area contributed by atoms with E-state index in [1.54, 1.807) is 0 Å². The molecule has 0 aromatic carbocycles. The number of nitrogens with zero attached hydrogens (tertiary/aromatic N) is 1. The van der Waals surface area contributed by atoms with Crippen LogP contribution in [0.25, 0.3) is 0 Å². The summed E-state index contributed by atoms with van der Waals surface area (Å²) >= 11 is 0. The van der Waals surface area contributed by atoms with Crippen molar-refractivity contribution in [1.82, 2.24) is 5.43 Å². The van der Waals surface area contributed by atoms with Gasteiger partial charge in [0.25, 0.3) is 5.92 Å². The van der Waals surface area contributed by atoms with Gasteiger partial charge in [0.2, 0.25) is 0 Å². The van der Waals surface area contributed by atoms with E-state index in [-0.39, 0.29) is 6.54 Å². The summed E-state index contributed by atoms with van der Waals surface area (Å²) in [5, 5.41) is 18.0. The Morgan fingerprint density at radius 2 is 2.25 bits per heavy atom. The Morgan fingerprint density at radius 1 is 1.58 bits per heavy atom. The van der Waals surface area contributed by atoms with E-state index in [2.05, 4.69) is 10.5 Å². The molecule has 4 nitrogen and oxygen atoms in total. The summed E-state index contributed by atoms with van der Waals surface area (Å²) in [6.07, 6.45) is 1.59. The van der Waals surface area contributed by atoms with Gasteiger partial charge in [-0.1, -0.05) is 0 Å². The average Bonchev–Trinajstić information content (AvgIpc) is 2.04. The summed E-state index contributed by atoms with van der Waals surface area (Å²) in [6, 6.07) is 0. The normalized spacial score (nSPS) is 11.9. The molecule has 0 aliphatic heterocycles. The molecule has 0 heterocycles. The van der Waals surface area contributed by atoms with Gasteiger partial charge in [0.15, 0.2) is 0 Å². The molecule has 0 spiro atoms. The van der Waals surface area contributed by atoms with Gasteiger partial charge in [0.05, 0.1) is 6.21 Å². The molecule has 3 N–H and O–H groups in total. The maximum Gasteiger partial charge on any atom is 0.272 e. The van der Waals surface area contributed by atoms with Crippen molar-refractivity contribution in [2.45, 2.75) is 12.3 Å². The molecule has 0 unspecified atom stereocenters. The van der Waals surface area contributed by atoms with E-state index in [0.29, 0.717) is 0 Å². The monoisotopic (exact) mass is 179 g/mol. The molecule has 0 saturated carbocycles. The molecule has 0 bridgehead atoms. The minimum Gasteiger partial charge on any atom is -0.390 e. The van der Waals surface area contributed by atoms with E-state index < -0.39 is 19.0 Å². The Kier molecular flexibility index (Phi) is 5.11. The number of hydrazone groups is 1. The first-order chi connectivity index (χ1) is 5.62. The van der Waals surface area contributed by atoms with Crippen LogP contribution in [0.3, 0.4) is 0 Å². The first-order valence-electron chi connectivity index (χ1n) is 3.36. The van der Waals surface area contributed by atoms with Crippen LogP contribution >= 0.6 is 0 Å². The quantitative estimate of drug-likeness (QED) is 0.310. The fourth-order valence-electron chi connectivity index (χ4n) is 0.472. The van der Waals surface area contributed by atoms with Crippen LogP contribution in [-0.2, 0) is 0 Å². The fourth-order valence-corrected chi connectivity index (χ4v) is 0.472. The fraction of sp³-hybridized carbons (Fsp3) is 0.667. The van der Waals surface area contributed by atoms with Gasteiger partial charge in [0, 0.05) is 19.2 Å². The Labute approximate surface area is 68.8 Å². The van der Waals surface area contributed by atoms with Crippen LogP contribution in [0, 0.1) is 5.41 Å². The standard InChI is InChI=1S/C6H11F2N3O/c7-6(8,5-12)1-3-10-11-4-2-9/h2,4,9-10,12H,1,3,5H2/b9-2?,11-4-. The highest BCUT2D eigenvalue weighted by Crippen LogP contribution is 2.15. The maximum absolute atomic E-state index is 12.3. The molecule has 0 radical (unpaired) electrons. The Balaban J connectivity index is 3.42. The number of rotatable bonds is 6. The van der Waals surface area contributed by atoms with Crippen molar-refractivity contribution in [3.05, 3.63) is 0 Å². The molecule has 0 aromatic rings. The van der Waals surface area contributed by atoms with Gasteiger partial charge in [-0.15, -0.1) is 0 Å². The van der Waals surface area contributed by atoms with Crippen molar-refractivity contribution < 1.29 is 13.9 Å². The van der Waals surface area contributed by atoms with Crippen molar-refractivity contribution in [2.24, 2.45) is 5.10 Å². The highest BCUT2D eigenvalue weighted by molar-refractivity contribution is 6.14. The Bertz CT molecular complexity index is 161. The first kappa shape index (κ1) is 11.0. The second-order valence-electron chi connectivity index (χ2n) is 2.12. The summed E-state index contributed by atoms with van der Waals surface area (Å²) in [7, 11) is 0. The molecule has 0 aliphatic carbocycles. The molecule has 0 amide bonds.